The molecule has 3 aromatic carbocycles. The highest BCUT2D eigenvalue weighted by molar-refractivity contribution is 6.02. The molecule has 4 heteroatoms. The van der Waals surface area contributed by atoms with E-state index in [0.717, 1.165) is 23.3 Å². The Labute approximate surface area is 159 Å². The van der Waals surface area contributed by atoms with Gasteiger partial charge in [-0.15, -0.1) is 0 Å². The molecule has 3 aromatic rings. The summed E-state index contributed by atoms with van der Waals surface area (Å²) < 4.78 is 5.85. The van der Waals surface area contributed by atoms with Gasteiger partial charge in [0.15, 0.2) is 0 Å². The molecule has 0 fully saturated rings. The summed E-state index contributed by atoms with van der Waals surface area (Å²) in [5.41, 5.74) is 5.98. The molecular formula is C23H22N2O2. The standard InChI is InChI=1S/C23H22N2O2/c1-2-21(19-13-7-4-8-14-19)24-25-23(26)20-15-9-10-16-22(20)27-17-18-11-5-3-6-12-18/h3-16H,2,17H2,1H3,(H,25,26). The van der Waals surface area contributed by atoms with Crippen LogP contribution in [0.15, 0.2) is 90.0 Å². The van der Waals surface area contributed by atoms with Crippen LogP contribution in [-0.4, -0.2) is 11.6 Å². The van der Waals surface area contributed by atoms with E-state index in [9.17, 15) is 4.79 Å². The number of carbonyl (C=O) groups excluding carboxylic acids is 1. The van der Waals surface area contributed by atoms with Crippen molar-refractivity contribution in [2.45, 2.75) is 20.0 Å². The number of amides is 1. The number of benzene rings is 3. The van der Waals surface area contributed by atoms with Crippen LogP contribution in [-0.2, 0) is 6.61 Å². The molecule has 0 unspecified atom stereocenters. The van der Waals surface area contributed by atoms with E-state index in [1.54, 1.807) is 12.1 Å². The molecule has 136 valence electrons. The van der Waals surface area contributed by atoms with Gasteiger partial charge in [-0.2, -0.15) is 5.10 Å². The summed E-state index contributed by atoms with van der Waals surface area (Å²) in [6.07, 6.45) is 0.719. The predicted octanol–water partition coefficient (Wildman–Crippen LogP) is 4.81. The van der Waals surface area contributed by atoms with Crippen LogP contribution < -0.4 is 10.2 Å². The number of para-hydroxylation sites is 1. The maximum Gasteiger partial charge on any atom is 0.275 e. The van der Waals surface area contributed by atoms with E-state index in [4.69, 9.17) is 4.74 Å². The van der Waals surface area contributed by atoms with Gasteiger partial charge < -0.3 is 4.74 Å². The Morgan fingerprint density at radius 1 is 0.889 bits per heavy atom. The van der Waals surface area contributed by atoms with Crippen molar-refractivity contribution in [3.8, 4) is 5.75 Å². The molecule has 0 saturated heterocycles. The van der Waals surface area contributed by atoms with E-state index in [1.165, 1.54) is 0 Å². The Kier molecular flexibility index (Phi) is 6.36. The quantitative estimate of drug-likeness (QED) is 0.487. The van der Waals surface area contributed by atoms with E-state index in [-0.39, 0.29) is 5.91 Å². The maximum atomic E-state index is 12.6. The fraction of sp³-hybridized carbons (Fsp3) is 0.130. The zero-order valence-corrected chi connectivity index (χ0v) is 15.3. The van der Waals surface area contributed by atoms with Crippen molar-refractivity contribution in [3.05, 3.63) is 102 Å². The minimum atomic E-state index is -0.291. The lowest BCUT2D eigenvalue weighted by molar-refractivity contribution is 0.0950. The molecule has 0 atom stereocenters. The fourth-order valence-electron chi connectivity index (χ4n) is 2.67. The molecule has 0 aliphatic rings. The monoisotopic (exact) mass is 358 g/mol. The highest BCUT2D eigenvalue weighted by atomic mass is 16.5. The van der Waals surface area contributed by atoms with Gasteiger partial charge in [-0.1, -0.05) is 79.7 Å². The number of ether oxygens (including phenoxy) is 1. The van der Waals surface area contributed by atoms with E-state index < -0.39 is 0 Å². The van der Waals surface area contributed by atoms with Gasteiger partial charge >= 0.3 is 0 Å². The first-order valence-corrected chi connectivity index (χ1v) is 8.96. The minimum absolute atomic E-state index is 0.291. The lowest BCUT2D eigenvalue weighted by atomic mass is 10.1. The van der Waals surface area contributed by atoms with Crippen LogP contribution in [0.2, 0.25) is 0 Å². The number of rotatable bonds is 7. The zero-order chi connectivity index (χ0) is 18.9. The van der Waals surface area contributed by atoms with Crippen LogP contribution >= 0.6 is 0 Å². The van der Waals surface area contributed by atoms with Crippen LogP contribution in [0.25, 0.3) is 0 Å². The van der Waals surface area contributed by atoms with Crippen LogP contribution in [0.1, 0.15) is 34.8 Å². The smallest absolute Gasteiger partial charge is 0.275 e. The van der Waals surface area contributed by atoms with Crippen molar-refractivity contribution in [2.75, 3.05) is 0 Å². The molecule has 27 heavy (non-hydrogen) atoms. The van der Waals surface area contributed by atoms with E-state index >= 15 is 0 Å². The van der Waals surface area contributed by atoms with Crippen LogP contribution in [0.4, 0.5) is 0 Å². The normalized spacial score (nSPS) is 11.1. The van der Waals surface area contributed by atoms with Crippen molar-refractivity contribution in [1.82, 2.24) is 5.43 Å². The summed E-state index contributed by atoms with van der Waals surface area (Å²) in [6.45, 7) is 2.41. The topological polar surface area (TPSA) is 50.7 Å². The molecule has 0 radical (unpaired) electrons. The summed E-state index contributed by atoms with van der Waals surface area (Å²) >= 11 is 0. The molecular weight excluding hydrogens is 336 g/mol. The second-order valence-corrected chi connectivity index (χ2v) is 5.99. The molecule has 0 aromatic heterocycles. The summed E-state index contributed by atoms with van der Waals surface area (Å²) in [5.74, 6) is 0.243. The van der Waals surface area contributed by atoms with Crippen molar-refractivity contribution in [1.29, 1.82) is 0 Å². The van der Waals surface area contributed by atoms with E-state index in [1.807, 2.05) is 79.7 Å². The van der Waals surface area contributed by atoms with Crippen molar-refractivity contribution in [2.24, 2.45) is 5.10 Å². The van der Waals surface area contributed by atoms with Crippen molar-refractivity contribution in [3.63, 3.8) is 0 Å². The molecule has 1 amide bonds. The number of carbonyl (C=O) groups is 1. The SMILES string of the molecule is CCC(=NNC(=O)c1ccccc1OCc1ccccc1)c1ccccc1. The number of nitrogens with zero attached hydrogens (tertiary/aromatic N) is 1. The largest absolute Gasteiger partial charge is 0.488 e. The summed E-state index contributed by atoms with van der Waals surface area (Å²) in [7, 11) is 0. The van der Waals surface area contributed by atoms with Gasteiger partial charge in [-0.25, -0.2) is 5.43 Å². The summed E-state index contributed by atoms with van der Waals surface area (Å²) in [4.78, 5) is 12.6. The zero-order valence-electron chi connectivity index (χ0n) is 15.3. The first-order chi connectivity index (χ1) is 13.3. The Morgan fingerprint density at radius 2 is 1.52 bits per heavy atom. The highest BCUT2D eigenvalue weighted by Gasteiger charge is 2.12. The Balaban J connectivity index is 1.72. The van der Waals surface area contributed by atoms with Gasteiger partial charge in [0.2, 0.25) is 0 Å². The van der Waals surface area contributed by atoms with Gasteiger partial charge in [0.25, 0.3) is 5.91 Å². The first-order valence-electron chi connectivity index (χ1n) is 8.96. The first kappa shape index (κ1) is 18.4. The fourth-order valence-corrected chi connectivity index (χ4v) is 2.67. The Morgan fingerprint density at radius 3 is 2.22 bits per heavy atom. The number of hydrogen-bond donors (Lipinski definition) is 1. The van der Waals surface area contributed by atoms with Gasteiger partial charge in [0, 0.05) is 0 Å². The molecule has 0 aliphatic carbocycles. The lowest BCUT2D eigenvalue weighted by Crippen LogP contribution is -2.20. The van der Waals surface area contributed by atoms with Gasteiger partial charge in [-0.3, -0.25) is 4.79 Å². The van der Waals surface area contributed by atoms with E-state index in [2.05, 4.69) is 10.5 Å². The average molecular weight is 358 g/mol. The number of hydrazone groups is 1. The van der Waals surface area contributed by atoms with Gasteiger partial charge in [0.1, 0.15) is 12.4 Å². The maximum absolute atomic E-state index is 12.6. The molecule has 0 aliphatic heterocycles. The average Bonchev–Trinajstić information content (AvgIpc) is 2.74. The Hall–Kier alpha value is -3.40. The third kappa shape index (κ3) is 5.05. The molecule has 4 nitrogen and oxygen atoms in total. The van der Waals surface area contributed by atoms with Crippen LogP contribution in [0, 0.1) is 0 Å². The molecule has 0 saturated carbocycles. The Bertz CT molecular complexity index is 906. The lowest BCUT2D eigenvalue weighted by Gasteiger charge is -2.11. The van der Waals surface area contributed by atoms with Crippen molar-refractivity contribution < 1.29 is 9.53 Å². The van der Waals surface area contributed by atoms with Crippen LogP contribution in [0.3, 0.4) is 0 Å². The number of hydrogen-bond acceptors (Lipinski definition) is 3. The molecule has 0 bridgehead atoms. The second kappa shape index (κ2) is 9.34. The molecule has 1 N–H and O–H groups in total. The summed E-state index contributed by atoms with van der Waals surface area (Å²) in [5, 5.41) is 4.31. The minimum Gasteiger partial charge on any atom is -0.488 e. The number of nitrogens with one attached hydrogen (secondary N) is 1. The second-order valence-electron chi connectivity index (χ2n) is 5.99. The van der Waals surface area contributed by atoms with Gasteiger partial charge in [0.05, 0.1) is 11.3 Å². The van der Waals surface area contributed by atoms with E-state index in [0.29, 0.717) is 17.9 Å². The van der Waals surface area contributed by atoms with Crippen molar-refractivity contribution >= 4 is 11.6 Å². The van der Waals surface area contributed by atoms with Crippen LogP contribution in [0.5, 0.6) is 5.75 Å². The molecule has 0 heterocycles. The van der Waals surface area contributed by atoms with Gasteiger partial charge in [-0.05, 0) is 29.7 Å². The predicted molar refractivity (Wildman–Crippen MR) is 108 cm³/mol. The summed E-state index contributed by atoms with van der Waals surface area (Å²) in [6, 6.07) is 26.9. The third-order valence-electron chi connectivity index (χ3n) is 4.10. The molecule has 3 rings (SSSR count). The highest BCUT2D eigenvalue weighted by Crippen LogP contribution is 2.19. The third-order valence-corrected chi connectivity index (χ3v) is 4.10. The molecule has 0 spiro atoms.